The van der Waals surface area contributed by atoms with Gasteiger partial charge in [-0.15, -0.1) is 0 Å². The van der Waals surface area contributed by atoms with Gasteiger partial charge in [-0.25, -0.2) is 0 Å². The van der Waals surface area contributed by atoms with Crippen LogP contribution in [0.3, 0.4) is 0 Å². The van der Waals surface area contributed by atoms with Gasteiger partial charge in [0.25, 0.3) is 0 Å². The predicted molar refractivity (Wildman–Crippen MR) is 72.8 cm³/mol. The van der Waals surface area contributed by atoms with Crippen LogP contribution in [0.1, 0.15) is 12.0 Å². The maximum Gasteiger partial charge on any atom is 0.320 e. The van der Waals surface area contributed by atoms with Crippen molar-refractivity contribution in [1.82, 2.24) is 0 Å². The van der Waals surface area contributed by atoms with Crippen LogP contribution in [0.2, 0.25) is 0 Å². The van der Waals surface area contributed by atoms with Crippen LogP contribution in [-0.2, 0) is 16.0 Å². The average molecular weight is 315 g/mol. The number of carboxylic acids is 1. The molecule has 0 saturated heterocycles. The number of nitrogens with two attached hydrogens (primary N) is 1. The monoisotopic (exact) mass is 314 g/mol. The van der Waals surface area contributed by atoms with Gasteiger partial charge in [-0.05, 0) is 24.1 Å². The van der Waals surface area contributed by atoms with Gasteiger partial charge in [0.2, 0.25) is 5.91 Å². The fourth-order valence-electron chi connectivity index (χ4n) is 1.37. The molecule has 1 aromatic rings. The number of rotatable bonds is 6. The van der Waals surface area contributed by atoms with Crippen LogP contribution < -0.4 is 11.1 Å². The number of hydrogen-bond acceptors (Lipinski definition) is 3. The fraction of sp³-hybridized carbons (Fsp3) is 0.333. The summed E-state index contributed by atoms with van der Waals surface area (Å²) in [5, 5.41) is 12.0. The smallest absolute Gasteiger partial charge is 0.320 e. The molecule has 0 aliphatic rings. The van der Waals surface area contributed by atoms with Crippen molar-refractivity contribution in [1.29, 1.82) is 0 Å². The molecule has 18 heavy (non-hydrogen) atoms. The molecule has 0 unspecified atom stereocenters. The summed E-state index contributed by atoms with van der Waals surface area (Å²) in [5.74, 6) is -1.09. The lowest BCUT2D eigenvalue weighted by molar-refractivity contribution is -0.138. The van der Waals surface area contributed by atoms with Gasteiger partial charge < -0.3 is 16.2 Å². The van der Waals surface area contributed by atoms with Gasteiger partial charge in [0, 0.05) is 17.4 Å². The summed E-state index contributed by atoms with van der Waals surface area (Å²) in [7, 11) is 0. The first-order chi connectivity index (χ1) is 8.52. The summed E-state index contributed by atoms with van der Waals surface area (Å²) < 4.78 is 0. The molecule has 98 valence electrons. The van der Waals surface area contributed by atoms with E-state index >= 15 is 0 Å². The van der Waals surface area contributed by atoms with Gasteiger partial charge in [0.15, 0.2) is 0 Å². The minimum absolute atomic E-state index is 0.0677. The standard InChI is InChI=1S/C12H15BrN2O3/c13-6-5-11(16)15-9-3-1-8(2-4-9)7-10(14)12(17)18/h1-4,10H,5-7,14H2,(H,15,16)(H,17,18)/t10-/m0/s1. The van der Waals surface area contributed by atoms with Crippen molar-refractivity contribution in [3.63, 3.8) is 0 Å². The zero-order valence-electron chi connectivity index (χ0n) is 9.73. The number of anilines is 1. The van der Waals surface area contributed by atoms with E-state index < -0.39 is 12.0 Å². The number of halogens is 1. The Morgan fingerprint density at radius 3 is 2.44 bits per heavy atom. The number of carboxylic acid groups (broad SMARTS) is 1. The first-order valence-corrected chi connectivity index (χ1v) is 6.58. The highest BCUT2D eigenvalue weighted by atomic mass is 79.9. The van der Waals surface area contributed by atoms with Crippen LogP contribution >= 0.6 is 15.9 Å². The topological polar surface area (TPSA) is 92.4 Å². The van der Waals surface area contributed by atoms with Gasteiger partial charge in [0.05, 0.1) is 0 Å². The Hall–Kier alpha value is -1.40. The fourth-order valence-corrected chi connectivity index (χ4v) is 1.73. The number of alkyl halides is 1. The summed E-state index contributed by atoms with van der Waals surface area (Å²) in [4.78, 5) is 21.9. The molecule has 0 bridgehead atoms. The van der Waals surface area contributed by atoms with Crippen LogP contribution in [0.15, 0.2) is 24.3 Å². The normalized spacial score (nSPS) is 11.9. The van der Waals surface area contributed by atoms with Crippen molar-refractivity contribution in [3.05, 3.63) is 29.8 Å². The van der Waals surface area contributed by atoms with Gasteiger partial charge >= 0.3 is 5.97 Å². The largest absolute Gasteiger partial charge is 0.480 e. The number of amides is 1. The van der Waals surface area contributed by atoms with Gasteiger partial charge in [-0.1, -0.05) is 28.1 Å². The van der Waals surface area contributed by atoms with Crippen molar-refractivity contribution in [2.45, 2.75) is 18.9 Å². The third kappa shape index (κ3) is 4.85. The molecule has 0 aromatic heterocycles. The minimum atomic E-state index is -1.02. The third-order valence-electron chi connectivity index (χ3n) is 2.33. The zero-order valence-corrected chi connectivity index (χ0v) is 11.3. The molecule has 1 atom stereocenters. The lowest BCUT2D eigenvalue weighted by Crippen LogP contribution is -2.32. The maximum absolute atomic E-state index is 11.3. The van der Waals surface area contributed by atoms with Gasteiger partial charge in [0.1, 0.15) is 6.04 Å². The number of hydrogen-bond donors (Lipinski definition) is 3. The Morgan fingerprint density at radius 1 is 1.33 bits per heavy atom. The molecule has 5 nitrogen and oxygen atoms in total. The van der Waals surface area contributed by atoms with E-state index in [0.717, 1.165) is 5.56 Å². The molecule has 1 rings (SSSR count). The predicted octanol–water partition coefficient (Wildman–Crippen LogP) is 1.36. The first kappa shape index (κ1) is 14.7. The van der Waals surface area contributed by atoms with Gasteiger partial charge in [-0.2, -0.15) is 0 Å². The second-order valence-corrected chi connectivity index (χ2v) is 4.63. The number of carbonyl (C=O) groups excluding carboxylic acids is 1. The Labute approximate surface area is 113 Å². The minimum Gasteiger partial charge on any atom is -0.480 e. The van der Waals surface area contributed by atoms with E-state index in [4.69, 9.17) is 10.8 Å². The van der Waals surface area contributed by atoms with Crippen molar-refractivity contribution in [2.75, 3.05) is 10.6 Å². The molecule has 0 aliphatic heterocycles. The van der Waals surface area contributed by atoms with E-state index in [1.165, 1.54) is 0 Å². The third-order valence-corrected chi connectivity index (χ3v) is 2.73. The lowest BCUT2D eigenvalue weighted by Gasteiger charge is -2.08. The van der Waals surface area contributed by atoms with E-state index in [0.29, 0.717) is 17.4 Å². The quantitative estimate of drug-likeness (QED) is 0.691. The molecule has 0 saturated carbocycles. The Morgan fingerprint density at radius 2 is 1.94 bits per heavy atom. The van der Waals surface area contributed by atoms with Crippen LogP contribution in [-0.4, -0.2) is 28.4 Å². The Kier molecular flexibility index (Phi) is 5.80. The molecule has 0 spiro atoms. The molecular formula is C12H15BrN2O3. The van der Waals surface area contributed by atoms with Crippen molar-refractivity contribution >= 4 is 33.5 Å². The van der Waals surface area contributed by atoms with E-state index in [9.17, 15) is 9.59 Å². The summed E-state index contributed by atoms with van der Waals surface area (Å²) in [5.41, 5.74) is 6.94. The summed E-state index contributed by atoms with van der Waals surface area (Å²) in [6.45, 7) is 0. The Bertz CT molecular complexity index is 420. The summed E-state index contributed by atoms with van der Waals surface area (Å²) in [6, 6.07) is 6.07. The van der Waals surface area contributed by atoms with Gasteiger partial charge in [-0.3, -0.25) is 9.59 Å². The second-order valence-electron chi connectivity index (χ2n) is 3.83. The Balaban J connectivity index is 2.57. The first-order valence-electron chi connectivity index (χ1n) is 5.46. The summed E-state index contributed by atoms with van der Waals surface area (Å²) >= 11 is 3.19. The van der Waals surface area contributed by atoms with E-state index in [1.54, 1.807) is 24.3 Å². The number of aliphatic carboxylic acids is 1. The van der Waals surface area contributed by atoms with Crippen LogP contribution in [0.4, 0.5) is 5.69 Å². The molecular weight excluding hydrogens is 300 g/mol. The van der Waals surface area contributed by atoms with E-state index in [1.807, 2.05) is 0 Å². The molecule has 0 heterocycles. The molecule has 4 N–H and O–H groups in total. The highest BCUT2D eigenvalue weighted by Gasteiger charge is 2.11. The van der Waals surface area contributed by atoms with Crippen LogP contribution in [0.25, 0.3) is 0 Å². The van der Waals surface area contributed by atoms with Crippen molar-refractivity contribution in [3.8, 4) is 0 Å². The van der Waals surface area contributed by atoms with Crippen LogP contribution in [0, 0.1) is 0 Å². The highest BCUT2D eigenvalue weighted by molar-refractivity contribution is 9.09. The number of benzene rings is 1. The summed E-state index contributed by atoms with van der Waals surface area (Å²) in [6.07, 6.45) is 0.677. The van der Waals surface area contributed by atoms with Crippen molar-refractivity contribution in [2.24, 2.45) is 5.73 Å². The second kappa shape index (κ2) is 7.13. The van der Waals surface area contributed by atoms with E-state index in [2.05, 4.69) is 21.2 Å². The number of nitrogens with one attached hydrogen (secondary N) is 1. The lowest BCUT2D eigenvalue weighted by atomic mass is 10.1. The molecule has 0 aliphatic carbocycles. The molecule has 6 heteroatoms. The molecule has 0 fully saturated rings. The SMILES string of the molecule is N[C@@H](Cc1ccc(NC(=O)CCBr)cc1)C(=O)O. The molecule has 1 aromatic carbocycles. The average Bonchev–Trinajstić information content (AvgIpc) is 2.31. The van der Waals surface area contributed by atoms with E-state index in [-0.39, 0.29) is 12.3 Å². The highest BCUT2D eigenvalue weighted by Crippen LogP contribution is 2.11. The molecule has 0 radical (unpaired) electrons. The maximum atomic E-state index is 11.3. The number of carbonyl (C=O) groups is 2. The zero-order chi connectivity index (χ0) is 13.5. The van der Waals surface area contributed by atoms with Crippen molar-refractivity contribution < 1.29 is 14.7 Å². The molecule has 1 amide bonds. The van der Waals surface area contributed by atoms with Crippen LogP contribution in [0.5, 0.6) is 0 Å².